The van der Waals surface area contributed by atoms with Crippen molar-refractivity contribution in [1.82, 2.24) is 9.97 Å². The molecule has 26 heavy (non-hydrogen) atoms. The lowest BCUT2D eigenvalue weighted by Gasteiger charge is -2.27. The lowest BCUT2D eigenvalue weighted by atomic mass is 10.1. The van der Waals surface area contributed by atoms with E-state index in [0.29, 0.717) is 5.92 Å². The molecule has 0 aliphatic carbocycles. The molecule has 1 N–H and O–H groups in total. The minimum Gasteiger partial charge on any atom is -0.371 e. The largest absolute Gasteiger partial charge is 0.371 e. The summed E-state index contributed by atoms with van der Waals surface area (Å²) in [5.41, 5.74) is 1.31. The van der Waals surface area contributed by atoms with Gasteiger partial charge in [0.1, 0.15) is 18.0 Å². The van der Waals surface area contributed by atoms with E-state index in [0.717, 1.165) is 48.8 Å². The predicted octanol–water partition coefficient (Wildman–Crippen LogP) is 3.73. The topological polar surface area (TPSA) is 44.3 Å². The summed E-state index contributed by atoms with van der Waals surface area (Å²) in [5, 5.41) is 3.53. The van der Waals surface area contributed by atoms with E-state index >= 15 is 0 Å². The van der Waals surface area contributed by atoms with Crippen molar-refractivity contribution in [2.75, 3.05) is 59.3 Å². The van der Waals surface area contributed by atoms with Gasteiger partial charge in [0.2, 0.25) is 0 Å². The summed E-state index contributed by atoms with van der Waals surface area (Å²) < 4.78 is 1.13. The van der Waals surface area contributed by atoms with Gasteiger partial charge in [0.25, 0.3) is 0 Å². The molecule has 2 fully saturated rings. The molecule has 2 aromatic rings. The van der Waals surface area contributed by atoms with E-state index in [1.807, 2.05) is 11.8 Å². The van der Waals surface area contributed by atoms with Crippen molar-refractivity contribution in [3.8, 4) is 0 Å². The monoisotopic (exact) mass is 433 g/mol. The second-order valence-corrected chi connectivity index (χ2v) is 8.96. The number of anilines is 3. The van der Waals surface area contributed by atoms with Crippen LogP contribution in [0.1, 0.15) is 6.42 Å². The van der Waals surface area contributed by atoms with Crippen molar-refractivity contribution in [3.05, 3.63) is 41.1 Å². The minimum absolute atomic E-state index is 0.642. The van der Waals surface area contributed by atoms with Crippen LogP contribution in [0.25, 0.3) is 0 Å². The third-order valence-electron chi connectivity index (χ3n) is 5.04. The summed E-state index contributed by atoms with van der Waals surface area (Å²) in [7, 11) is 0. The summed E-state index contributed by atoms with van der Waals surface area (Å²) >= 11 is 5.52. The van der Waals surface area contributed by atoms with E-state index in [1.54, 1.807) is 6.33 Å². The Kier molecular flexibility index (Phi) is 5.84. The molecule has 7 heteroatoms. The average Bonchev–Trinajstić information content (AvgIpc) is 3.17. The van der Waals surface area contributed by atoms with Crippen LogP contribution in [0.15, 0.2) is 41.1 Å². The number of hydrogen-bond donors (Lipinski definition) is 1. The zero-order chi connectivity index (χ0) is 17.8. The smallest absolute Gasteiger partial charge is 0.134 e. The fraction of sp³-hybridized carbons (Fsp3) is 0.474. The van der Waals surface area contributed by atoms with Crippen LogP contribution in [0.5, 0.6) is 0 Å². The minimum atomic E-state index is 0.642. The molecule has 0 saturated carbocycles. The van der Waals surface area contributed by atoms with Crippen LogP contribution in [0.4, 0.5) is 17.3 Å². The van der Waals surface area contributed by atoms with Gasteiger partial charge in [-0.2, -0.15) is 11.8 Å². The number of nitrogens with one attached hydrogen (secondary N) is 1. The molecule has 0 bridgehead atoms. The highest BCUT2D eigenvalue weighted by atomic mass is 79.9. The summed E-state index contributed by atoms with van der Waals surface area (Å²) in [6.45, 7) is 5.32. The van der Waals surface area contributed by atoms with Crippen LogP contribution in [0.2, 0.25) is 0 Å². The molecule has 2 saturated heterocycles. The molecule has 0 radical (unpaired) electrons. The van der Waals surface area contributed by atoms with Crippen molar-refractivity contribution < 1.29 is 0 Å². The van der Waals surface area contributed by atoms with Crippen LogP contribution in [0, 0.1) is 5.92 Å². The van der Waals surface area contributed by atoms with E-state index in [1.165, 1.54) is 23.6 Å². The van der Waals surface area contributed by atoms with Crippen molar-refractivity contribution in [3.63, 3.8) is 0 Å². The molecule has 5 nitrogen and oxygen atoms in total. The molecule has 0 amide bonds. The molecular weight excluding hydrogens is 410 g/mol. The van der Waals surface area contributed by atoms with Gasteiger partial charge in [0.05, 0.1) is 0 Å². The second kappa shape index (κ2) is 8.48. The van der Waals surface area contributed by atoms with Gasteiger partial charge >= 0.3 is 0 Å². The van der Waals surface area contributed by atoms with Crippen molar-refractivity contribution in [2.45, 2.75) is 6.42 Å². The first-order valence-electron chi connectivity index (χ1n) is 9.17. The summed E-state index contributed by atoms with van der Waals surface area (Å²) in [5.74, 6) is 4.99. The lowest BCUT2D eigenvalue weighted by molar-refractivity contribution is 0.621. The third-order valence-corrected chi connectivity index (χ3v) is 6.51. The number of rotatable bonds is 5. The number of thioether (sulfide) groups is 1. The van der Waals surface area contributed by atoms with E-state index < -0.39 is 0 Å². The van der Waals surface area contributed by atoms with Crippen LogP contribution < -0.4 is 15.1 Å². The van der Waals surface area contributed by atoms with Gasteiger partial charge in [-0.3, -0.25) is 0 Å². The molecule has 3 heterocycles. The van der Waals surface area contributed by atoms with Crippen LogP contribution >= 0.6 is 27.7 Å². The molecule has 2 aliphatic rings. The van der Waals surface area contributed by atoms with Gasteiger partial charge in [0, 0.05) is 60.5 Å². The summed E-state index contributed by atoms with van der Waals surface area (Å²) in [4.78, 5) is 13.7. The summed E-state index contributed by atoms with van der Waals surface area (Å²) in [6.07, 6.45) is 2.90. The number of benzene rings is 1. The Hall–Kier alpha value is -1.47. The zero-order valence-corrected chi connectivity index (χ0v) is 17.2. The van der Waals surface area contributed by atoms with Gasteiger partial charge in [-0.15, -0.1) is 0 Å². The first-order valence-corrected chi connectivity index (χ1v) is 11.1. The predicted molar refractivity (Wildman–Crippen MR) is 115 cm³/mol. The number of nitrogens with zero attached hydrogens (tertiary/aromatic N) is 4. The molecule has 4 rings (SSSR count). The number of halogens is 1. The number of aromatic nitrogens is 2. The van der Waals surface area contributed by atoms with E-state index in [9.17, 15) is 0 Å². The van der Waals surface area contributed by atoms with Crippen molar-refractivity contribution in [1.29, 1.82) is 0 Å². The lowest BCUT2D eigenvalue weighted by Crippen LogP contribution is -2.33. The van der Waals surface area contributed by atoms with Gasteiger partial charge in [0.15, 0.2) is 0 Å². The molecule has 1 aromatic carbocycles. The molecule has 1 aromatic heterocycles. The van der Waals surface area contributed by atoms with E-state index in [2.05, 4.69) is 71.3 Å². The highest BCUT2D eigenvalue weighted by molar-refractivity contribution is 9.10. The Morgan fingerprint density at radius 2 is 1.88 bits per heavy atom. The Balaban J connectivity index is 1.31. The molecule has 1 unspecified atom stereocenters. The Morgan fingerprint density at radius 3 is 2.69 bits per heavy atom. The molecular formula is C19H24BrN5S. The average molecular weight is 434 g/mol. The molecule has 138 valence electrons. The first kappa shape index (κ1) is 17.9. The van der Waals surface area contributed by atoms with E-state index in [4.69, 9.17) is 0 Å². The Bertz CT molecular complexity index is 720. The van der Waals surface area contributed by atoms with Gasteiger partial charge in [-0.1, -0.05) is 15.9 Å². The van der Waals surface area contributed by atoms with Crippen LogP contribution in [-0.2, 0) is 0 Å². The maximum atomic E-state index is 4.46. The quantitative estimate of drug-likeness (QED) is 0.774. The number of hydrogen-bond acceptors (Lipinski definition) is 6. The Labute approximate surface area is 167 Å². The van der Waals surface area contributed by atoms with Crippen LogP contribution in [-0.4, -0.2) is 54.2 Å². The zero-order valence-electron chi connectivity index (χ0n) is 14.8. The van der Waals surface area contributed by atoms with Gasteiger partial charge in [-0.25, -0.2) is 9.97 Å². The maximum absolute atomic E-state index is 4.46. The van der Waals surface area contributed by atoms with Crippen molar-refractivity contribution in [2.24, 2.45) is 5.92 Å². The highest BCUT2D eigenvalue weighted by Crippen LogP contribution is 2.26. The fourth-order valence-electron chi connectivity index (χ4n) is 3.54. The second-order valence-electron chi connectivity index (χ2n) is 6.82. The first-order chi connectivity index (χ1) is 12.8. The van der Waals surface area contributed by atoms with Gasteiger partial charge in [-0.05, 0) is 36.6 Å². The van der Waals surface area contributed by atoms with Gasteiger partial charge < -0.3 is 15.1 Å². The van der Waals surface area contributed by atoms with Crippen LogP contribution in [0.3, 0.4) is 0 Å². The highest BCUT2D eigenvalue weighted by Gasteiger charge is 2.22. The fourth-order valence-corrected chi connectivity index (χ4v) is 4.71. The normalized spacial score (nSPS) is 20.4. The molecule has 1 atom stereocenters. The molecule has 2 aliphatic heterocycles. The van der Waals surface area contributed by atoms with Crippen molar-refractivity contribution >= 4 is 45.0 Å². The third kappa shape index (κ3) is 4.43. The van der Waals surface area contributed by atoms with E-state index in [-0.39, 0.29) is 0 Å². The molecule has 0 spiro atoms. The standard InChI is InChI=1S/C19H24BrN5S/c20-16-1-3-17(4-2-16)25-6-5-15(13-25)12-21-18-11-19(23-14-22-18)24-7-9-26-10-8-24/h1-4,11,14-15H,5-10,12-13H2,(H,21,22,23). The SMILES string of the molecule is Brc1ccc(N2CCC(CNc3cc(N4CCSCC4)ncn3)C2)cc1. The maximum Gasteiger partial charge on any atom is 0.134 e. The summed E-state index contributed by atoms with van der Waals surface area (Å²) in [6, 6.07) is 10.7. The Morgan fingerprint density at radius 1 is 1.08 bits per heavy atom.